The summed E-state index contributed by atoms with van der Waals surface area (Å²) in [7, 11) is 3.18. The number of benzene rings is 3. The Labute approximate surface area is 207 Å². The van der Waals surface area contributed by atoms with Gasteiger partial charge in [0.05, 0.1) is 19.9 Å². The Morgan fingerprint density at radius 3 is 2.35 bits per heavy atom. The second-order valence-corrected chi connectivity index (χ2v) is 8.94. The Kier molecular flexibility index (Phi) is 5.75. The first-order valence-corrected chi connectivity index (χ1v) is 11.5. The number of carbonyl (C=O) groups is 2. The van der Waals surface area contributed by atoms with Crippen molar-refractivity contribution in [3.63, 3.8) is 0 Å². The maximum Gasteiger partial charge on any atom is 0.256 e. The molecule has 0 bridgehead atoms. The number of amides is 1. The molecule has 3 aromatic carbocycles. The van der Waals surface area contributed by atoms with E-state index in [1.165, 1.54) is 4.90 Å². The molecular formula is C26H21ClN2O4S. The van der Waals surface area contributed by atoms with E-state index in [1.54, 1.807) is 56.7 Å². The SMILES string of the molecule is COc1cc2c(cc1OC)CN1C(=S)N(c3ccc(Cl)cc3C(=O)c3ccccc3)C(=O)[C@H]1C2. The first-order chi connectivity index (χ1) is 16.4. The van der Waals surface area contributed by atoms with Crippen molar-refractivity contribution in [2.24, 2.45) is 0 Å². The van der Waals surface area contributed by atoms with E-state index in [4.69, 9.17) is 33.3 Å². The van der Waals surface area contributed by atoms with Crippen LogP contribution < -0.4 is 14.4 Å². The summed E-state index contributed by atoms with van der Waals surface area (Å²) in [6.07, 6.45) is 0.473. The Morgan fingerprint density at radius 2 is 1.68 bits per heavy atom. The van der Waals surface area contributed by atoms with Crippen molar-refractivity contribution in [1.29, 1.82) is 0 Å². The van der Waals surface area contributed by atoms with Crippen LogP contribution in [0, 0.1) is 0 Å². The highest BCUT2D eigenvalue weighted by Gasteiger charge is 2.46. The quantitative estimate of drug-likeness (QED) is 0.382. The van der Waals surface area contributed by atoms with Gasteiger partial charge in [-0.2, -0.15) is 0 Å². The van der Waals surface area contributed by atoms with Gasteiger partial charge >= 0.3 is 0 Å². The minimum absolute atomic E-state index is 0.171. The highest BCUT2D eigenvalue weighted by Crippen LogP contribution is 2.39. The standard InChI is InChI=1S/C26H21ClN2O4S/c1-32-22-11-16-10-21-25(31)29(26(34)28(21)14-17(16)12-23(22)33-2)20-9-8-18(27)13-19(20)24(30)15-6-4-3-5-7-15/h3-9,11-13,21H,10,14H2,1-2H3/t21-/m1/s1. The molecule has 2 aliphatic rings. The number of fused-ring (bicyclic) bond motifs is 2. The molecule has 0 aromatic heterocycles. The number of ketones is 1. The Hall–Kier alpha value is -3.42. The lowest BCUT2D eigenvalue weighted by atomic mass is 9.94. The number of carbonyl (C=O) groups excluding carboxylic acids is 2. The number of thiocarbonyl (C=S) groups is 1. The second kappa shape index (κ2) is 8.74. The molecule has 5 rings (SSSR count). The number of methoxy groups -OCH3 is 2. The van der Waals surface area contributed by atoms with E-state index in [2.05, 4.69) is 0 Å². The van der Waals surface area contributed by atoms with Crippen LogP contribution in [0.5, 0.6) is 11.5 Å². The van der Waals surface area contributed by atoms with Crippen LogP contribution in [-0.4, -0.2) is 42.0 Å². The molecule has 8 heteroatoms. The molecular weight excluding hydrogens is 472 g/mol. The van der Waals surface area contributed by atoms with Gasteiger partial charge in [-0.15, -0.1) is 0 Å². The van der Waals surface area contributed by atoms with Crippen molar-refractivity contribution in [1.82, 2.24) is 4.90 Å². The van der Waals surface area contributed by atoms with Crippen LogP contribution in [0.25, 0.3) is 0 Å². The third-order valence-corrected chi connectivity index (χ3v) is 6.91. The number of nitrogens with zero attached hydrogens (tertiary/aromatic N) is 2. The molecule has 0 spiro atoms. The Balaban J connectivity index is 1.54. The summed E-state index contributed by atoms with van der Waals surface area (Å²) in [5.41, 5.74) is 3.29. The molecule has 172 valence electrons. The first kappa shape index (κ1) is 22.4. The highest BCUT2D eigenvalue weighted by molar-refractivity contribution is 7.80. The van der Waals surface area contributed by atoms with Crippen molar-refractivity contribution >= 4 is 46.3 Å². The van der Waals surface area contributed by atoms with Crippen molar-refractivity contribution in [3.05, 3.63) is 87.9 Å². The van der Waals surface area contributed by atoms with Crippen molar-refractivity contribution < 1.29 is 19.1 Å². The summed E-state index contributed by atoms with van der Waals surface area (Å²) in [6, 6.07) is 17.2. The lowest BCUT2D eigenvalue weighted by Crippen LogP contribution is -2.40. The zero-order chi connectivity index (χ0) is 24.0. The van der Waals surface area contributed by atoms with E-state index in [9.17, 15) is 9.59 Å². The van der Waals surface area contributed by atoms with E-state index in [-0.39, 0.29) is 11.7 Å². The van der Waals surface area contributed by atoms with Crippen LogP contribution in [0.15, 0.2) is 60.7 Å². The summed E-state index contributed by atoms with van der Waals surface area (Å²) >= 11 is 12.0. The van der Waals surface area contributed by atoms with Crippen LogP contribution in [0.3, 0.4) is 0 Å². The molecule has 2 aliphatic heterocycles. The highest BCUT2D eigenvalue weighted by atomic mass is 35.5. The summed E-state index contributed by atoms with van der Waals surface area (Å²) in [5.74, 6) is 0.848. The van der Waals surface area contributed by atoms with Gasteiger partial charge in [0.15, 0.2) is 22.4 Å². The first-order valence-electron chi connectivity index (χ1n) is 10.7. The smallest absolute Gasteiger partial charge is 0.256 e. The van der Waals surface area contributed by atoms with Crippen molar-refractivity contribution in [3.8, 4) is 11.5 Å². The molecule has 34 heavy (non-hydrogen) atoms. The third-order valence-electron chi connectivity index (χ3n) is 6.26. The molecule has 6 nitrogen and oxygen atoms in total. The van der Waals surface area contributed by atoms with Gasteiger partial charge in [-0.05, 0) is 53.7 Å². The molecule has 1 fully saturated rings. The minimum atomic E-state index is -0.464. The summed E-state index contributed by atoms with van der Waals surface area (Å²) in [5, 5.41) is 0.768. The van der Waals surface area contributed by atoms with Crippen LogP contribution >= 0.6 is 23.8 Å². The monoisotopic (exact) mass is 492 g/mol. The molecule has 2 heterocycles. The largest absolute Gasteiger partial charge is 0.493 e. The van der Waals surface area contributed by atoms with Gasteiger partial charge in [-0.25, -0.2) is 0 Å². The molecule has 0 saturated carbocycles. The van der Waals surface area contributed by atoms with E-state index in [0.717, 1.165) is 11.1 Å². The van der Waals surface area contributed by atoms with E-state index in [1.807, 2.05) is 23.1 Å². The minimum Gasteiger partial charge on any atom is -0.493 e. The molecule has 1 atom stereocenters. The fraction of sp³-hybridized carbons (Fsp3) is 0.192. The maximum atomic E-state index is 13.6. The van der Waals surface area contributed by atoms with Crippen LogP contribution in [0.4, 0.5) is 5.69 Å². The van der Waals surface area contributed by atoms with Gasteiger partial charge in [-0.1, -0.05) is 41.9 Å². The Morgan fingerprint density at radius 1 is 1.00 bits per heavy atom. The lowest BCUT2D eigenvalue weighted by molar-refractivity contribution is -0.120. The second-order valence-electron chi connectivity index (χ2n) is 8.14. The van der Waals surface area contributed by atoms with Crippen LogP contribution in [-0.2, 0) is 17.8 Å². The van der Waals surface area contributed by atoms with E-state index in [0.29, 0.717) is 51.4 Å². The molecule has 3 aromatic rings. The number of halogens is 1. The molecule has 1 saturated heterocycles. The normalized spacial score (nSPS) is 16.9. The van der Waals surface area contributed by atoms with Crippen molar-refractivity contribution in [2.45, 2.75) is 19.0 Å². The average molecular weight is 493 g/mol. The molecule has 0 unspecified atom stereocenters. The van der Waals surface area contributed by atoms with Gasteiger partial charge in [-0.3, -0.25) is 14.5 Å². The van der Waals surface area contributed by atoms with Gasteiger partial charge in [0.25, 0.3) is 5.91 Å². The summed E-state index contributed by atoms with van der Waals surface area (Å²) in [4.78, 5) is 30.3. The number of ether oxygens (including phenoxy) is 2. The fourth-order valence-corrected chi connectivity index (χ4v) is 5.11. The van der Waals surface area contributed by atoms with Crippen LogP contribution in [0.1, 0.15) is 27.0 Å². The van der Waals surface area contributed by atoms with Crippen LogP contribution in [0.2, 0.25) is 5.02 Å². The maximum absolute atomic E-state index is 13.6. The average Bonchev–Trinajstić information content (AvgIpc) is 3.10. The third kappa shape index (κ3) is 3.61. The predicted molar refractivity (Wildman–Crippen MR) is 134 cm³/mol. The van der Waals surface area contributed by atoms with Gasteiger partial charge in [0.2, 0.25) is 0 Å². The van der Waals surface area contributed by atoms with E-state index >= 15 is 0 Å². The predicted octanol–water partition coefficient (Wildman–Crippen LogP) is 4.65. The summed E-state index contributed by atoms with van der Waals surface area (Å²) in [6.45, 7) is 0.455. The summed E-state index contributed by atoms with van der Waals surface area (Å²) < 4.78 is 10.9. The number of anilines is 1. The van der Waals surface area contributed by atoms with Crippen molar-refractivity contribution in [2.75, 3.05) is 19.1 Å². The van der Waals surface area contributed by atoms with E-state index < -0.39 is 6.04 Å². The number of hydrogen-bond donors (Lipinski definition) is 0. The molecule has 0 N–H and O–H groups in total. The topological polar surface area (TPSA) is 59.1 Å². The van der Waals surface area contributed by atoms with Gasteiger partial charge < -0.3 is 14.4 Å². The molecule has 1 amide bonds. The molecule has 0 radical (unpaired) electrons. The zero-order valence-electron chi connectivity index (χ0n) is 18.6. The van der Waals surface area contributed by atoms with Gasteiger partial charge in [0, 0.05) is 29.1 Å². The van der Waals surface area contributed by atoms with Gasteiger partial charge in [0.1, 0.15) is 6.04 Å². The fourth-order valence-electron chi connectivity index (χ4n) is 4.56. The Bertz CT molecular complexity index is 1280. The zero-order valence-corrected chi connectivity index (χ0v) is 20.2. The number of rotatable bonds is 5. The lowest BCUT2D eigenvalue weighted by Gasteiger charge is -2.31. The number of hydrogen-bond acceptors (Lipinski definition) is 5. The molecule has 0 aliphatic carbocycles.